The SMILES string of the molecule is COc1cc(C(N)CCO)cc2c1OCO2.Cl. The van der Waals surface area contributed by atoms with Crippen LogP contribution in [0.15, 0.2) is 12.1 Å². The lowest BCUT2D eigenvalue weighted by atomic mass is 10.0. The predicted molar refractivity (Wildman–Crippen MR) is 65.0 cm³/mol. The molecule has 0 saturated carbocycles. The highest BCUT2D eigenvalue weighted by Crippen LogP contribution is 2.42. The normalized spacial score (nSPS) is 14.1. The first kappa shape index (κ1) is 13.9. The molecule has 1 aromatic rings. The van der Waals surface area contributed by atoms with Gasteiger partial charge in [-0.3, -0.25) is 0 Å². The van der Waals surface area contributed by atoms with Crippen molar-refractivity contribution < 1.29 is 19.3 Å². The number of methoxy groups -OCH3 is 1. The van der Waals surface area contributed by atoms with E-state index in [1.54, 1.807) is 7.11 Å². The molecule has 1 aliphatic heterocycles. The summed E-state index contributed by atoms with van der Waals surface area (Å²) in [5.74, 6) is 1.86. The molecule has 0 bridgehead atoms. The summed E-state index contributed by atoms with van der Waals surface area (Å²) in [5, 5.41) is 8.85. The monoisotopic (exact) mass is 261 g/mol. The molecule has 3 N–H and O–H groups in total. The molecule has 5 nitrogen and oxygen atoms in total. The predicted octanol–water partition coefficient (Wildman–Crippen LogP) is 1.23. The van der Waals surface area contributed by atoms with Gasteiger partial charge >= 0.3 is 0 Å². The van der Waals surface area contributed by atoms with Crippen molar-refractivity contribution in [2.75, 3.05) is 20.5 Å². The third kappa shape index (κ3) is 2.74. The van der Waals surface area contributed by atoms with Gasteiger partial charge in [0.2, 0.25) is 12.5 Å². The van der Waals surface area contributed by atoms with E-state index in [9.17, 15) is 0 Å². The molecule has 0 spiro atoms. The summed E-state index contributed by atoms with van der Waals surface area (Å²) in [5.41, 5.74) is 6.78. The zero-order valence-corrected chi connectivity index (χ0v) is 10.3. The zero-order valence-electron chi connectivity index (χ0n) is 9.51. The Balaban J connectivity index is 0.00000144. The van der Waals surface area contributed by atoms with Crippen LogP contribution in [0.25, 0.3) is 0 Å². The van der Waals surface area contributed by atoms with Gasteiger partial charge in [0.1, 0.15) is 0 Å². The van der Waals surface area contributed by atoms with Crippen LogP contribution in [0.2, 0.25) is 0 Å². The molecule has 2 rings (SSSR count). The molecule has 1 unspecified atom stereocenters. The Morgan fingerprint density at radius 1 is 1.47 bits per heavy atom. The molecule has 1 heterocycles. The molecule has 0 saturated heterocycles. The molecule has 6 heteroatoms. The Morgan fingerprint density at radius 2 is 2.24 bits per heavy atom. The van der Waals surface area contributed by atoms with Gasteiger partial charge in [0, 0.05) is 12.6 Å². The molecule has 0 radical (unpaired) electrons. The van der Waals surface area contributed by atoms with Crippen molar-refractivity contribution in [1.29, 1.82) is 0 Å². The highest BCUT2D eigenvalue weighted by Gasteiger charge is 2.21. The van der Waals surface area contributed by atoms with Crippen LogP contribution in [0, 0.1) is 0 Å². The van der Waals surface area contributed by atoms with Gasteiger partial charge < -0.3 is 25.1 Å². The summed E-state index contributed by atoms with van der Waals surface area (Å²) < 4.78 is 15.8. The first-order valence-corrected chi connectivity index (χ1v) is 5.10. The van der Waals surface area contributed by atoms with E-state index >= 15 is 0 Å². The molecule has 0 fully saturated rings. The first-order chi connectivity index (χ1) is 7.76. The first-order valence-electron chi connectivity index (χ1n) is 5.10. The van der Waals surface area contributed by atoms with E-state index in [0.29, 0.717) is 23.7 Å². The Bertz CT molecular complexity index is 386. The number of hydrogen-bond acceptors (Lipinski definition) is 5. The molecule has 17 heavy (non-hydrogen) atoms. The van der Waals surface area contributed by atoms with Crippen molar-refractivity contribution >= 4 is 12.4 Å². The molecular formula is C11H16ClNO4. The number of rotatable bonds is 4. The summed E-state index contributed by atoms with van der Waals surface area (Å²) in [7, 11) is 1.57. The molecule has 1 aromatic carbocycles. The van der Waals surface area contributed by atoms with E-state index in [0.717, 1.165) is 5.56 Å². The van der Waals surface area contributed by atoms with Crippen molar-refractivity contribution in [3.63, 3.8) is 0 Å². The van der Waals surface area contributed by atoms with Gasteiger partial charge in [-0.1, -0.05) is 0 Å². The van der Waals surface area contributed by atoms with Gasteiger partial charge in [-0.25, -0.2) is 0 Å². The van der Waals surface area contributed by atoms with Crippen LogP contribution in [0.4, 0.5) is 0 Å². The van der Waals surface area contributed by atoms with Crippen LogP contribution in [0.3, 0.4) is 0 Å². The number of aliphatic hydroxyl groups is 1. The molecule has 0 aromatic heterocycles. The van der Waals surface area contributed by atoms with E-state index in [4.69, 9.17) is 25.1 Å². The smallest absolute Gasteiger partial charge is 0.231 e. The van der Waals surface area contributed by atoms with E-state index in [1.165, 1.54) is 0 Å². The van der Waals surface area contributed by atoms with Crippen molar-refractivity contribution in [2.45, 2.75) is 12.5 Å². The summed E-state index contributed by atoms with van der Waals surface area (Å²) >= 11 is 0. The Morgan fingerprint density at radius 3 is 2.88 bits per heavy atom. The van der Waals surface area contributed by atoms with Gasteiger partial charge in [-0.2, -0.15) is 0 Å². The standard InChI is InChI=1S/C11H15NO4.ClH/c1-14-9-4-7(8(12)2-3-13)5-10-11(9)16-6-15-10;/h4-5,8,13H,2-3,6,12H2,1H3;1H. The Kier molecular flexibility index (Phi) is 4.86. The number of aliphatic hydroxyl groups excluding tert-OH is 1. The second-order valence-electron chi connectivity index (χ2n) is 3.58. The molecule has 1 atom stereocenters. The average Bonchev–Trinajstić information content (AvgIpc) is 2.75. The summed E-state index contributed by atoms with van der Waals surface area (Å²) in [4.78, 5) is 0. The van der Waals surface area contributed by atoms with Crippen molar-refractivity contribution in [1.82, 2.24) is 0 Å². The average molecular weight is 262 g/mol. The fourth-order valence-corrected chi connectivity index (χ4v) is 1.67. The summed E-state index contributed by atoms with van der Waals surface area (Å²) in [6.45, 7) is 0.252. The third-order valence-electron chi connectivity index (χ3n) is 2.55. The lowest BCUT2D eigenvalue weighted by molar-refractivity contribution is 0.171. The maximum atomic E-state index is 8.85. The number of benzene rings is 1. The summed E-state index contributed by atoms with van der Waals surface area (Å²) in [6.07, 6.45) is 0.503. The lowest BCUT2D eigenvalue weighted by Gasteiger charge is -2.13. The minimum atomic E-state index is -0.228. The minimum Gasteiger partial charge on any atom is -0.493 e. The topological polar surface area (TPSA) is 73.9 Å². The molecule has 1 aliphatic rings. The fraction of sp³-hybridized carbons (Fsp3) is 0.455. The number of fused-ring (bicyclic) bond motifs is 1. The van der Waals surface area contributed by atoms with Gasteiger partial charge in [-0.05, 0) is 24.1 Å². The van der Waals surface area contributed by atoms with Crippen molar-refractivity contribution in [2.24, 2.45) is 5.73 Å². The van der Waals surface area contributed by atoms with Crippen molar-refractivity contribution in [3.8, 4) is 17.2 Å². The van der Waals surface area contributed by atoms with E-state index in [-0.39, 0.29) is 31.8 Å². The fourth-order valence-electron chi connectivity index (χ4n) is 1.67. The Hall–Kier alpha value is -1.17. The zero-order chi connectivity index (χ0) is 11.5. The quantitative estimate of drug-likeness (QED) is 0.853. The molecule has 96 valence electrons. The molecule has 0 amide bonds. The third-order valence-corrected chi connectivity index (χ3v) is 2.55. The van der Waals surface area contributed by atoms with E-state index in [2.05, 4.69) is 0 Å². The van der Waals surface area contributed by atoms with Crippen LogP contribution in [-0.4, -0.2) is 25.6 Å². The molecular weight excluding hydrogens is 246 g/mol. The van der Waals surface area contributed by atoms with Gasteiger partial charge in [-0.15, -0.1) is 12.4 Å². The number of halogens is 1. The maximum absolute atomic E-state index is 8.85. The van der Waals surface area contributed by atoms with Crippen LogP contribution in [0.5, 0.6) is 17.2 Å². The van der Waals surface area contributed by atoms with Crippen molar-refractivity contribution in [3.05, 3.63) is 17.7 Å². The van der Waals surface area contributed by atoms with Crippen LogP contribution >= 0.6 is 12.4 Å². The van der Waals surface area contributed by atoms with Gasteiger partial charge in [0.25, 0.3) is 0 Å². The number of hydrogen-bond donors (Lipinski definition) is 2. The van der Waals surface area contributed by atoms with Crippen LogP contribution < -0.4 is 19.9 Å². The van der Waals surface area contributed by atoms with Crippen LogP contribution in [0.1, 0.15) is 18.0 Å². The number of nitrogens with two attached hydrogens (primary N) is 1. The van der Waals surface area contributed by atoms with E-state index in [1.807, 2.05) is 12.1 Å². The van der Waals surface area contributed by atoms with E-state index < -0.39 is 0 Å². The largest absolute Gasteiger partial charge is 0.493 e. The second kappa shape index (κ2) is 5.95. The van der Waals surface area contributed by atoms with Gasteiger partial charge in [0.15, 0.2) is 11.5 Å². The highest BCUT2D eigenvalue weighted by atomic mass is 35.5. The maximum Gasteiger partial charge on any atom is 0.231 e. The minimum absolute atomic E-state index is 0. The lowest BCUT2D eigenvalue weighted by Crippen LogP contribution is -2.12. The van der Waals surface area contributed by atoms with Gasteiger partial charge in [0.05, 0.1) is 7.11 Å². The summed E-state index contributed by atoms with van der Waals surface area (Å²) in [6, 6.07) is 3.41. The van der Waals surface area contributed by atoms with Crippen LogP contribution in [-0.2, 0) is 0 Å². The Labute approximate surface area is 106 Å². The second-order valence-corrected chi connectivity index (χ2v) is 3.58. The number of ether oxygens (including phenoxy) is 3. The molecule has 0 aliphatic carbocycles. The highest BCUT2D eigenvalue weighted by molar-refractivity contribution is 5.85.